The van der Waals surface area contributed by atoms with E-state index in [0.717, 1.165) is 36.5 Å². The molecule has 2 aromatic carbocycles. The number of amides is 4. The van der Waals surface area contributed by atoms with Gasteiger partial charge < -0.3 is 31.6 Å². The number of hydrogen-bond donors (Lipinski definition) is 5. The second-order valence-corrected chi connectivity index (χ2v) is 9.34. The maximum absolute atomic E-state index is 12.6. The van der Waals surface area contributed by atoms with Crippen molar-refractivity contribution >= 4 is 40.9 Å². The zero-order valence-corrected chi connectivity index (χ0v) is 20.5. The Hall–Kier alpha value is -4.37. The van der Waals surface area contributed by atoms with E-state index in [2.05, 4.69) is 25.8 Å². The van der Waals surface area contributed by atoms with Crippen molar-refractivity contribution < 1.29 is 14.4 Å². The van der Waals surface area contributed by atoms with Crippen LogP contribution in [-0.2, 0) is 4.79 Å². The Morgan fingerprint density at radius 3 is 2.54 bits per heavy atom. The molecule has 2 aliphatic heterocycles. The number of aromatic nitrogens is 1. The number of piperidine rings is 1. The molecule has 6 N–H and O–H groups in total. The van der Waals surface area contributed by atoms with Gasteiger partial charge in [0.15, 0.2) is 0 Å². The second kappa shape index (κ2) is 10.7. The van der Waals surface area contributed by atoms with E-state index >= 15 is 0 Å². The summed E-state index contributed by atoms with van der Waals surface area (Å²) in [7, 11) is 0. The number of fused-ring (bicyclic) bond motifs is 1. The normalized spacial score (nSPS) is 16.3. The van der Waals surface area contributed by atoms with Gasteiger partial charge in [0.25, 0.3) is 11.8 Å². The summed E-state index contributed by atoms with van der Waals surface area (Å²) in [6, 6.07) is 13.9. The third kappa shape index (κ3) is 5.73. The van der Waals surface area contributed by atoms with E-state index in [1.54, 1.807) is 24.3 Å². The number of benzene rings is 2. The Labute approximate surface area is 215 Å². The van der Waals surface area contributed by atoms with Gasteiger partial charge in [0.1, 0.15) is 0 Å². The third-order valence-corrected chi connectivity index (χ3v) is 6.72. The Balaban J connectivity index is 1.24. The van der Waals surface area contributed by atoms with E-state index in [4.69, 9.17) is 5.73 Å². The van der Waals surface area contributed by atoms with Crippen LogP contribution in [0.4, 0.5) is 16.2 Å². The van der Waals surface area contributed by atoms with E-state index in [0.29, 0.717) is 34.6 Å². The lowest BCUT2D eigenvalue weighted by Gasteiger charge is -2.26. The number of carbonyl (C=O) groups excluding carboxylic acids is 3. The molecule has 5 rings (SSSR count). The van der Waals surface area contributed by atoms with E-state index in [1.165, 1.54) is 19.3 Å². The second-order valence-electron chi connectivity index (χ2n) is 9.34. The number of urea groups is 1. The number of nitrogens with one attached hydrogen (secondary N) is 4. The highest BCUT2D eigenvalue weighted by Crippen LogP contribution is 2.35. The number of likely N-dealkylation sites (tertiary alicyclic amines) is 1. The molecule has 0 saturated carbocycles. The summed E-state index contributed by atoms with van der Waals surface area (Å²) in [5.74, 6) is -0.294. The highest BCUT2D eigenvalue weighted by Gasteiger charge is 2.24. The maximum Gasteiger partial charge on any atom is 0.316 e. The zero-order chi connectivity index (χ0) is 25.8. The number of nitrogens with two attached hydrogens (primary N) is 1. The fourth-order valence-electron chi connectivity index (χ4n) is 4.80. The van der Waals surface area contributed by atoms with Gasteiger partial charge in [0.05, 0.1) is 5.57 Å². The molecule has 0 spiro atoms. The van der Waals surface area contributed by atoms with Crippen molar-refractivity contribution in [1.29, 1.82) is 0 Å². The fraction of sp³-hybridized carbons (Fsp3) is 0.250. The summed E-state index contributed by atoms with van der Waals surface area (Å²) in [5.41, 5.74) is 10.8. The van der Waals surface area contributed by atoms with Crippen LogP contribution in [0.15, 0.2) is 54.7 Å². The molecule has 0 radical (unpaired) electrons. The van der Waals surface area contributed by atoms with Crippen LogP contribution in [0, 0.1) is 0 Å². The molecular weight excluding hydrogens is 468 g/mol. The van der Waals surface area contributed by atoms with Crippen molar-refractivity contribution in [3.05, 3.63) is 71.5 Å². The molecule has 9 nitrogen and oxygen atoms in total. The van der Waals surface area contributed by atoms with Crippen molar-refractivity contribution in [2.24, 2.45) is 5.73 Å². The van der Waals surface area contributed by atoms with Gasteiger partial charge in [-0.25, -0.2) is 4.79 Å². The number of rotatable bonds is 7. The molecule has 0 aliphatic carbocycles. The smallest absolute Gasteiger partial charge is 0.316 e. The molecule has 9 heteroatoms. The summed E-state index contributed by atoms with van der Waals surface area (Å²) in [5, 5.41) is 8.38. The molecule has 1 saturated heterocycles. The minimum atomic E-state index is -0.669. The molecular formula is C28H30N6O3. The van der Waals surface area contributed by atoms with Crippen LogP contribution in [-0.4, -0.2) is 53.9 Å². The standard InChI is InChI=1S/C28H30N6O3/c29-28(37)32-21-8-9-25-23(15-21)24(27(36)33-25)16-22-14-20(17-31-22)18-4-6-19(7-5-18)26(35)30-10-13-34-11-2-1-3-12-34/h4-9,14-17,31H,1-3,10-13H2,(H,30,35)(H,33,36)(H3,29,32,37)/b24-16-. The number of primary amides is 1. The van der Waals surface area contributed by atoms with Gasteiger partial charge >= 0.3 is 6.03 Å². The maximum atomic E-state index is 12.6. The van der Waals surface area contributed by atoms with Gasteiger partial charge in [0, 0.05) is 47.5 Å². The number of nitrogens with zero attached hydrogens (tertiary/aromatic N) is 1. The molecule has 4 amide bonds. The fourth-order valence-corrected chi connectivity index (χ4v) is 4.80. The topological polar surface area (TPSA) is 132 Å². The molecule has 0 bridgehead atoms. The molecule has 1 aromatic heterocycles. The summed E-state index contributed by atoms with van der Waals surface area (Å²) >= 11 is 0. The molecule has 0 unspecified atom stereocenters. The van der Waals surface area contributed by atoms with Gasteiger partial charge in [-0.1, -0.05) is 18.6 Å². The van der Waals surface area contributed by atoms with Crippen molar-refractivity contribution in [1.82, 2.24) is 15.2 Å². The number of anilines is 2. The first-order chi connectivity index (χ1) is 18.0. The van der Waals surface area contributed by atoms with Crippen LogP contribution >= 0.6 is 0 Å². The number of hydrogen-bond acceptors (Lipinski definition) is 4. The molecule has 1 fully saturated rings. The van der Waals surface area contributed by atoms with Crippen molar-refractivity contribution in [2.45, 2.75) is 19.3 Å². The van der Waals surface area contributed by atoms with Crippen molar-refractivity contribution in [3.8, 4) is 11.1 Å². The molecule has 2 aliphatic rings. The average Bonchev–Trinajstić information content (AvgIpc) is 3.49. The minimum Gasteiger partial charge on any atom is -0.361 e. The van der Waals surface area contributed by atoms with Crippen LogP contribution in [0.25, 0.3) is 22.8 Å². The number of aromatic amines is 1. The minimum absolute atomic E-state index is 0.0702. The zero-order valence-electron chi connectivity index (χ0n) is 20.5. The Bertz CT molecular complexity index is 1350. The first-order valence-corrected chi connectivity index (χ1v) is 12.5. The van der Waals surface area contributed by atoms with E-state index in [1.807, 2.05) is 36.5 Å². The van der Waals surface area contributed by atoms with Crippen LogP contribution in [0.5, 0.6) is 0 Å². The van der Waals surface area contributed by atoms with Crippen LogP contribution in [0.3, 0.4) is 0 Å². The molecule has 0 atom stereocenters. The first-order valence-electron chi connectivity index (χ1n) is 12.5. The van der Waals surface area contributed by atoms with E-state index < -0.39 is 6.03 Å². The Kier molecular flexibility index (Phi) is 7.04. The summed E-state index contributed by atoms with van der Waals surface area (Å²) in [6.07, 6.45) is 7.41. The highest BCUT2D eigenvalue weighted by atomic mass is 16.2. The van der Waals surface area contributed by atoms with Crippen LogP contribution in [0.2, 0.25) is 0 Å². The predicted molar refractivity (Wildman–Crippen MR) is 145 cm³/mol. The largest absolute Gasteiger partial charge is 0.361 e. The Morgan fingerprint density at radius 2 is 1.78 bits per heavy atom. The summed E-state index contributed by atoms with van der Waals surface area (Å²) in [4.78, 5) is 41.9. The van der Waals surface area contributed by atoms with Gasteiger partial charge in [-0.15, -0.1) is 0 Å². The summed E-state index contributed by atoms with van der Waals surface area (Å²) in [6.45, 7) is 3.76. The first kappa shape index (κ1) is 24.3. The van der Waals surface area contributed by atoms with Crippen molar-refractivity contribution in [2.75, 3.05) is 36.8 Å². The molecule has 190 valence electrons. The Morgan fingerprint density at radius 1 is 1.00 bits per heavy atom. The van der Waals surface area contributed by atoms with Gasteiger partial charge in [0.2, 0.25) is 0 Å². The van der Waals surface area contributed by atoms with E-state index in [-0.39, 0.29) is 11.8 Å². The lowest BCUT2D eigenvalue weighted by molar-refractivity contribution is -0.110. The van der Waals surface area contributed by atoms with E-state index in [9.17, 15) is 14.4 Å². The van der Waals surface area contributed by atoms with Gasteiger partial charge in [-0.05, 0) is 79.5 Å². The third-order valence-electron chi connectivity index (χ3n) is 6.72. The van der Waals surface area contributed by atoms with Gasteiger partial charge in [-0.3, -0.25) is 9.59 Å². The molecule has 37 heavy (non-hydrogen) atoms. The predicted octanol–water partition coefficient (Wildman–Crippen LogP) is 3.88. The number of carbonyl (C=O) groups is 3. The molecule has 3 heterocycles. The lowest BCUT2D eigenvalue weighted by Crippen LogP contribution is -2.37. The van der Waals surface area contributed by atoms with Gasteiger partial charge in [-0.2, -0.15) is 0 Å². The van der Waals surface area contributed by atoms with Crippen LogP contribution < -0.4 is 21.7 Å². The summed E-state index contributed by atoms with van der Waals surface area (Å²) < 4.78 is 0. The SMILES string of the molecule is NC(=O)Nc1ccc2c(c1)/C(=C/c1cc(-c3ccc(C(=O)NCCN4CCCCC4)cc3)c[nH]1)C(=O)N2. The average molecular weight is 499 g/mol. The highest BCUT2D eigenvalue weighted by molar-refractivity contribution is 6.35. The monoisotopic (exact) mass is 498 g/mol. The number of H-pyrrole nitrogens is 1. The van der Waals surface area contributed by atoms with Crippen molar-refractivity contribution in [3.63, 3.8) is 0 Å². The molecule has 3 aromatic rings. The quantitative estimate of drug-likeness (QED) is 0.316. The lowest BCUT2D eigenvalue weighted by atomic mass is 10.0. The van der Waals surface area contributed by atoms with Crippen LogP contribution in [0.1, 0.15) is 40.9 Å².